The summed E-state index contributed by atoms with van der Waals surface area (Å²) in [7, 11) is 0. The molecule has 2 aromatic rings. The Balaban J connectivity index is 2.44. The van der Waals surface area contributed by atoms with Gasteiger partial charge in [0, 0.05) is 10.6 Å². The van der Waals surface area contributed by atoms with Gasteiger partial charge in [-0.15, -0.1) is 0 Å². The average molecular weight is 509 g/mol. The SMILES string of the molecule is CCCC(Oc1ccc(C(C)(C)CC)cc1C(C)(C)CC)C(=O)Nc1cc(Cl)c(C)c(Cl)c1O. The first-order chi connectivity index (χ1) is 15.8. The molecular formula is C28H39Cl2NO3. The molecule has 0 bridgehead atoms. The van der Waals surface area contributed by atoms with Crippen molar-refractivity contribution in [1.82, 2.24) is 0 Å². The highest BCUT2D eigenvalue weighted by Crippen LogP contribution is 2.40. The van der Waals surface area contributed by atoms with Gasteiger partial charge in [0.1, 0.15) is 5.75 Å². The van der Waals surface area contributed by atoms with Gasteiger partial charge in [-0.3, -0.25) is 4.79 Å². The summed E-state index contributed by atoms with van der Waals surface area (Å²) in [6, 6.07) is 7.83. The zero-order valence-electron chi connectivity index (χ0n) is 21.7. The van der Waals surface area contributed by atoms with Gasteiger partial charge in [-0.1, -0.05) is 90.2 Å². The van der Waals surface area contributed by atoms with Crippen molar-refractivity contribution in [3.63, 3.8) is 0 Å². The van der Waals surface area contributed by atoms with Crippen LogP contribution >= 0.6 is 23.2 Å². The van der Waals surface area contributed by atoms with Gasteiger partial charge < -0.3 is 15.2 Å². The second-order valence-corrected chi connectivity index (χ2v) is 11.0. The fourth-order valence-electron chi connectivity index (χ4n) is 3.65. The number of carbonyl (C=O) groups excluding carboxylic acids is 1. The van der Waals surface area contributed by atoms with Crippen LogP contribution in [0.3, 0.4) is 0 Å². The average Bonchev–Trinajstić information content (AvgIpc) is 2.80. The molecule has 0 aromatic heterocycles. The first-order valence-corrected chi connectivity index (χ1v) is 12.8. The number of phenolic OH excluding ortho intramolecular Hbond substituents is 1. The van der Waals surface area contributed by atoms with Gasteiger partial charge in [0.15, 0.2) is 11.9 Å². The molecule has 0 fully saturated rings. The number of phenols is 1. The van der Waals surface area contributed by atoms with Gasteiger partial charge in [0.05, 0.1) is 10.7 Å². The molecule has 2 N–H and O–H groups in total. The molecule has 1 unspecified atom stereocenters. The van der Waals surface area contributed by atoms with Crippen molar-refractivity contribution >= 4 is 34.8 Å². The third kappa shape index (κ3) is 6.20. The lowest BCUT2D eigenvalue weighted by Crippen LogP contribution is -2.34. The topological polar surface area (TPSA) is 58.6 Å². The van der Waals surface area contributed by atoms with Crippen molar-refractivity contribution in [2.24, 2.45) is 0 Å². The van der Waals surface area contributed by atoms with E-state index < -0.39 is 6.10 Å². The van der Waals surface area contributed by atoms with E-state index in [2.05, 4.69) is 59.0 Å². The maximum absolute atomic E-state index is 13.2. The van der Waals surface area contributed by atoms with Crippen molar-refractivity contribution in [3.05, 3.63) is 51.0 Å². The summed E-state index contributed by atoms with van der Waals surface area (Å²) in [5.74, 6) is 0.151. The molecule has 0 aliphatic heterocycles. The number of rotatable bonds is 10. The summed E-state index contributed by atoms with van der Waals surface area (Å²) >= 11 is 12.4. The Morgan fingerprint density at radius 2 is 1.68 bits per heavy atom. The summed E-state index contributed by atoms with van der Waals surface area (Å²) < 4.78 is 6.37. The summed E-state index contributed by atoms with van der Waals surface area (Å²) in [6.07, 6.45) is 2.49. The minimum absolute atomic E-state index is 0.0405. The predicted octanol–water partition coefficient (Wildman–Crippen LogP) is 8.57. The van der Waals surface area contributed by atoms with Crippen LogP contribution in [0.4, 0.5) is 5.69 Å². The monoisotopic (exact) mass is 507 g/mol. The molecule has 0 saturated carbocycles. The fraction of sp³-hybridized carbons (Fsp3) is 0.536. The van der Waals surface area contributed by atoms with E-state index in [0.29, 0.717) is 22.8 Å². The molecule has 6 heteroatoms. The fourth-order valence-corrected chi connectivity index (χ4v) is 4.10. The van der Waals surface area contributed by atoms with Gasteiger partial charge in [0.25, 0.3) is 5.91 Å². The molecule has 4 nitrogen and oxygen atoms in total. The molecule has 34 heavy (non-hydrogen) atoms. The van der Waals surface area contributed by atoms with Crippen LogP contribution in [0.2, 0.25) is 10.0 Å². The van der Waals surface area contributed by atoms with Crippen molar-refractivity contribution in [1.29, 1.82) is 0 Å². The maximum atomic E-state index is 13.2. The number of ether oxygens (including phenoxy) is 1. The molecular weight excluding hydrogens is 469 g/mol. The van der Waals surface area contributed by atoms with Gasteiger partial charge >= 0.3 is 0 Å². The Morgan fingerprint density at radius 3 is 2.24 bits per heavy atom. The number of hydrogen-bond donors (Lipinski definition) is 2. The highest BCUT2D eigenvalue weighted by atomic mass is 35.5. The first kappa shape index (κ1) is 28.3. The highest BCUT2D eigenvalue weighted by Gasteiger charge is 2.29. The molecule has 0 radical (unpaired) electrons. The van der Waals surface area contributed by atoms with Crippen molar-refractivity contribution in [2.75, 3.05) is 5.32 Å². The minimum atomic E-state index is -0.736. The van der Waals surface area contributed by atoms with Crippen LogP contribution in [-0.4, -0.2) is 17.1 Å². The van der Waals surface area contributed by atoms with Crippen LogP contribution in [-0.2, 0) is 15.6 Å². The second kappa shape index (κ2) is 11.2. The van der Waals surface area contributed by atoms with E-state index in [1.54, 1.807) is 6.92 Å². The third-order valence-corrected chi connectivity index (χ3v) is 7.90. The predicted molar refractivity (Wildman–Crippen MR) is 144 cm³/mol. The van der Waals surface area contributed by atoms with Crippen molar-refractivity contribution in [2.45, 2.75) is 98.0 Å². The van der Waals surface area contributed by atoms with E-state index in [1.807, 2.05) is 13.0 Å². The Kier molecular flexibility index (Phi) is 9.35. The van der Waals surface area contributed by atoms with Crippen LogP contribution in [0, 0.1) is 6.92 Å². The lowest BCUT2D eigenvalue weighted by molar-refractivity contribution is -0.123. The number of carbonyl (C=O) groups is 1. The van der Waals surface area contributed by atoms with Gasteiger partial charge in [-0.25, -0.2) is 0 Å². The molecule has 0 saturated heterocycles. The summed E-state index contributed by atoms with van der Waals surface area (Å²) in [5.41, 5.74) is 2.99. The van der Waals surface area contributed by atoms with E-state index in [1.165, 1.54) is 11.6 Å². The number of nitrogens with one attached hydrogen (secondary N) is 1. The molecule has 1 atom stereocenters. The van der Waals surface area contributed by atoms with E-state index in [0.717, 1.165) is 24.8 Å². The van der Waals surface area contributed by atoms with Crippen LogP contribution in [0.5, 0.6) is 11.5 Å². The molecule has 2 aromatic carbocycles. The second-order valence-electron chi connectivity index (χ2n) is 10.3. The molecule has 0 spiro atoms. The first-order valence-electron chi connectivity index (χ1n) is 12.1. The van der Waals surface area contributed by atoms with Crippen molar-refractivity contribution in [3.8, 4) is 11.5 Å². The quantitative estimate of drug-likeness (QED) is 0.316. The van der Waals surface area contributed by atoms with E-state index >= 15 is 0 Å². The number of amides is 1. The number of benzene rings is 2. The van der Waals surface area contributed by atoms with Crippen LogP contribution in [0.1, 0.15) is 90.8 Å². The normalized spacial score (nSPS) is 13.0. The zero-order chi connectivity index (χ0) is 25.8. The highest BCUT2D eigenvalue weighted by molar-refractivity contribution is 6.37. The summed E-state index contributed by atoms with van der Waals surface area (Å²) in [6.45, 7) is 16.9. The third-order valence-electron chi connectivity index (χ3n) is 7.05. The Labute approximate surface area is 215 Å². The molecule has 0 heterocycles. The lowest BCUT2D eigenvalue weighted by Gasteiger charge is -2.31. The van der Waals surface area contributed by atoms with Gasteiger partial charge in [0.2, 0.25) is 0 Å². The van der Waals surface area contributed by atoms with E-state index in [4.69, 9.17) is 27.9 Å². The van der Waals surface area contributed by atoms with Crippen LogP contribution in [0.15, 0.2) is 24.3 Å². The maximum Gasteiger partial charge on any atom is 0.265 e. The Hall–Kier alpha value is -1.91. The molecule has 2 rings (SSSR count). The van der Waals surface area contributed by atoms with Crippen LogP contribution < -0.4 is 10.1 Å². The smallest absolute Gasteiger partial charge is 0.265 e. The standard InChI is InChI=1S/C28H39Cl2NO3/c1-9-12-23(26(33)31-21-16-20(29)17(4)24(30)25(21)32)34-22-14-13-18(27(5,6)10-2)15-19(22)28(7,8)11-3/h13-16,23,32H,9-12H2,1-8H3,(H,31,33). The Morgan fingerprint density at radius 1 is 1.06 bits per heavy atom. The van der Waals surface area contributed by atoms with E-state index in [-0.39, 0.29) is 33.2 Å². The molecule has 188 valence electrons. The number of hydrogen-bond acceptors (Lipinski definition) is 3. The number of aromatic hydroxyl groups is 1. The summed E-state index contributed by atoms with van der Waals surface area (Å²) in [5, 5.41) is 13.7. The number of halogens is 2. The number of anilines is 1. The van der Waals surface area contributed by atoms with Gasteiger partial charge in [-0.05, 0) is 60.3 Å². The van der Waals surface area contributed by atoms with Crippen molar-refractivity contribution < 1.29 is 14.6 Å². The zero-order valence-corrected chi connectivity index (χ0v) is 23.2. The molecule has 0 aliphatic carbocycles. The molecule has 1 amide bonds. The Bertz CT molecular complexity index is 1030. The minimum Gasteiger partial charge on any atom is -0.504 e. The summed E-state index contributed by atoms with van der Waals surface area (Å²) in [4.78, 5) is 13.2. The lowest BCUT2D eigenvalue weighted by atomic mass is 9.76. The van der Waals surface area contributed by atoms with Crippen LogP contribution in [0.25, 0.3) is 0 Å². The van der Waals surface area contributed by atoms with Gasteiger partial charge in [-0.2, -0.15) is 0 Å². The largest absolute Gasteiger partial charge is 0.504 e. The molecule has 0 aliphatic rings. The van der Waals surface area contributed by atoms with E-state index in [9.17, 15) is 9.90 Å².